The summed E-state index contributed by atoms with van der Waals surface area (Å²) >= 11 is 1.63. The lowest BCUT2D eigenvalue weighted by Gasteiger charge is -2.06. The summed E-state index contributed by atoms with van der Waals surface area (Å²) in [6.07, 6.45) is 3.54. The molecule has 0 amide bonds. The molecule has 3 rings (SSSR count). The molecule has 0 fully saturated rings. The first-order valence-electron chi connectivity index (χ1n) is 5.85. The van der Waals surface area contributed by atoms with Crippen molar-refractivity contribution in [2.24, 2.45) is 5.84 Å². The van der Waals surface area contributed by atoms with Crippen LogP contribution in [0.3, 0.4) is 0 Å². The van der Waals surface area contributed by atoms with Crippen LogP contribution in [0.25, 0.3) is 21.6 Å². The fourth-order valence-electron chi connectivity index (χ4n) is 2.00. The second kappa shape index (κ2) is 4.56. The van der Waals surface area contributed by atoms with Crippen molar-refractivity contribution in [3.8, 4) is 11.4 Å². The number of aryl methyl sites for hydroxylation is 2. The number of hydrazine groups is 1. The molecule has 3 N–H and O–H groups in total. The molecule has 6 heteroatoms. The maximum absolute atomic E-state index is 5.56. The number of rotatable bonds is 2. The summed E-state index contributed by atoms with van der Waals surface area (Å²) in [4.78, 5) is 15.3. The molecule has 0 aliphatic heterocycles. The summed E-state index contributed by atoms with van der Waals surface area (Å²) in [6, 6.07) is 3.95. The molecule has 3 heterocycles. The average molecular weight is 271 g/mol. The van der Waals surface area contributed by atoms with Crippen molar-refractivity contribution in [1.29, 1.82) is 0 Å². The highest BCUT2D eigenvalue weighted by Crippen LogP contribution is 2.31. The fourth-order valence-corrected chi connectivity index (χ4v) is 2.88. The Morgan fingerprint density at radius 2 is 2.11 bits per heavy atom. The third kappa shape index (κ3) is 2.05. The standard InChI is InChI=1S/C13H13N5S/c1-7-6-15-4-3-9(7)11-16-12(18-14)10-5-8(2)19-13(10)17-11/h3-6H,14H2,1-2H3,(H,16,17,18). The molecule has 0 aromatic carbocycles. The first-order valence-corrected chi connectivity index (χ1v) is 6.66. The van der Waals surface area contributed by atoms with Gasteiger partial charge < -0.3 is 5.43 Å². The molecule has 0 saturated heterocycles. The molecular weight excluding hydrogens is 258 g/mol. The summed E-state index contributed by atoms with van der Waals surface area (Å²) in [5.41, 5.74) is 4.66. The number of nitrogens with zero attached hydrogens (tertiary/aromatic N) is 3. The van der Waals surface area contributed by atoms with E-state index in [-0.39, 0.29) is 0 Å². The predicted octanol–water partition coefficient (Wildman–Crippen LogP) is 2.66. The Kier molecular flexibility index (Phi) is 2.88. The van der Waals surface area contributed by atoms with Crippen LogP contribution in [0.4, 0.5) is 5.82 Å². The van der Waals surface area contributed by atoms with Crippen LogP contribution in [0.2, 0.25) is 0 Å². The molecule has 0 spiro atoms. The number of nitrogens with one attached hydrogen (secondary N) is 1. The molecule has 0 bridgehead atoms. The van der Waals surface area contributed by atoms with Gasteiger partial charge in [-0.3, -0.25) is 4.98 Å². The van der Waals surface area contributed by atoms with Crippen LogP contribution in [0.1, 0.15) is 10.4 Å². The van der Waals surface area contributed by atoms with Crippen LogP contribution < -0.4 is 11.3 Å². The topological polar surface area (TPSA) is 76.7 Å². The zero-order valence-corrected chi connectivity index (χ0v) is 11.5. The minimum Gasteiger partial charge on any atom is -0.308 e. The summed E-state index contributed by atoms with van der Waals surface area (Å²) in [7, 11) is 0. The van der Waals surface area contributed by atoms with Crippen molar-refractivity contribution in [3.63, 3.8) is 0 Å². The third-order valence-electron chi connectivity index (χ3n) is 2.91. The van der Waals surface area contributed by atoms with Crippen molar-refractivity contribution in [3.05, 3.63) is 35.0 Å². The highest BCUT2D eigenvalue weighted by molar-refractivity contribution is 7.18. The molecule has 0 aliphatic carbocycles. The molecule has 3 aromatic heterocycles. The van der Waals surface area contributed by atoms with Gasteiger partial charge in [-0.15, -0.1) is 11.3 Å². The van der Waals surface area contributed by atoms with Crippen molar-refractivity contribution >= 4 is 27.4 Å². The third-order valence-corrected chi connectivity index (χ3v) is 3.86. The highest BCUT2D eigenvalue weighted by Gasteiger charge is 2.12. The van der Waals surface area contributed by atoms with Gasteiger partial charge in [0.15, 0.2) is 11.6 Å². The molecule has 0 atom stereocenters. The minimum absolute atomic E-state index is 0.653. The van der Waals surface area contributed by atoms with E-state index in [4.69, 9.17) is 5.84 Å². The first kappa shape index (κ1) is 12.0. The zero-order valence-electron chi connectivity index (χ0n) is 10.6. The number of nitrogen functional groups attached to an aromatic ring is 1. The predicted molar refractivity (Wildman–Crippen MR) is 77.9 cm³/mol. The minimum atomic E-state index is 0.653. The van der Waals surface area contributed by atoms with E-state index in [0.717, 1.165) is 21.3 Å². The van der Waals surface area contributed by atoms with Gasteiger partial charge in [0.2, 0.25) is 0 Å². The molecule has 19 heavy (non-hydrogen) atoms. The van der Waals surface area contributed by atoms with E-state index in [0.29, 0.717) is 11.6 Å². The molecule has 3 aromatic rings. The smallest absolute Gasteiger partial charge is 0.163 e. The Bertz CT molecular complexity index is 750. The molecular formula is C13H13N5S. The van der Waals surface area contributed by atoms with Gasteiger partial charge in [0.05, 0.1) is 5.39 Å². The number of thiophene rings is 1. The molecule has 0 aliphatic rings. The van der Waals surface area contributed by atoms with Crippen LogP contribution >= 0.6 is 11.3 Å². The average Bonchev–Trinajstić information content (AvgIpc) is 2.78. The van der Waals surface area contributed by atoms with Gasteiger partial charge in [-0.1, -0.05) is 0 Å². The molecule has 5 nitrogen and oxygen atoms in total. The Hall–Kier alpha value is -2.05. The van der Waals surface area contributed by atoms with Crippen LogP contribution in [0.5, 0.6) is 0 Å². The van der Waals surface area contributed by atoms with E-state index < -0.39 is 0 Å². The summed E-state index contributed by atoms with van der Waals surface area (Å²) < 4.78 is 0. The normalized spacial score (nSPS) is 10.9. The molecule has 0 saturated carbocycles. The SMILES string of the molecule is Cc1cc2c(NN)nc(-c3ccncc3C)nc2s1. The van der Waals surface area contributed by atoms with Crippen molar-refractivity contribution in [2.75, 3.05) is 5.43 Å². The van der Waals surface area contributed by atoms with Crippen LogP contribution in [0.15, 0.2) is 24.5 Å². The van der Waals surface area contributed by atoms with Gasteiger partial charge in [0, 0.05) is 22.8 Å². The maximum Gasteiger partial charge on any atom is 0.163 e. The van der Waals surface area contributed by atoms with Gasteiger partial charge in [-0.05, 0) is 31.5 Å². The lowest BCUT2D eigenvalue weighted by molar-refractivity contribution is 1.17. The highest BCUT2D eigenvalue weighted by atomic mass is 32.1. The van der Waals surface area contributed by atoms with Crippen molar-refractivity contribution < 1.29 is 0 Å². The summed E-state index contributed by atoms with van der Waals surface area (Å²) in [5.74, 6) is 6.88. The van der Waals surface area contributed by atoms with Gasteiger partial charge in [-0.2, -0.15) is 0 Å². The van der Waals surface area contributed by atoms with Gasteiger partial charge in [-0.25, -0.2) is 15.8 Å². The largest absolute Gasteiger partial charge is 0.308 e. The monoisotopic (exact) mass is 271 g/mol. The Balaban J connectivity index is 2.28. The number of pyridine rings is 1. The van der Waals surface area contributed by atoms with Crippen molar-refractivity contribution in [2.45, 2.75) is 13.8 Å². The Morgan fingerprint density at radius 1 is 1.26 bits per heavy atom. The van der Waals surface area contributed by atoms with E-state index in [1.807, 2.05) is 26.0 Å². The Morgan fingerprint density at radius 3 is 2.84 bits per heavy atom. The van der Waals surface area contributed by atoms with E-state index in [1.165, 1.54) is 4.88 Å². The number of anilines is 1. The number of nitrogens with two attached hydrogens (primary N) is 1. The van der Waals surface area contributed by atoms with Gasteiger partial charge >= 0.3 is 0 Å². The van der Waals surface area contributed by atoms with E-state index >= 15 is 0 Å². The van der Waals surface area contributed by atoms with Crippen LogP contribution in [-0.2, 0) is 0 Å². The number of aromatic nitrogens is 3. The Labute approximate surface area is 114 Å². The van der Waals surface area contributed by atoms with Crippen LogP contribution in [0, 0.1) is 13.8 Å². The van der Waals surface area contributed by atoms with Crippen LogP contribution in [-0.4, -0.2) is 15.0 Å². The lowest BCUT2D eigenvalue weighted by atomic mass is 10.1. The quantitative estimate of drug-likeness (QED) is 0.553. The van der Waals surface area contributed by atoms with E-state index in [9.17, 15) is 0 Å². The number of hydrogen-bond acceptors (Lipinski definition) is 6. The van der Waals surface area contributed by atoms with E-state index in [1.54, 1.807) is 23.7 Å². The number of fused-ring (bicyclic) bond motifs is 1. The van der Waals surface area contributed by atoms with Gasteiger partial charge in [0.1, 0.15) is 4.83 Å². The summed E-state index contributed by atoms with van der Waals surface area (Å²) in [5, 5.41) is 0.959. The zero-order chi connectivity index (χ0) is 13.4. The summed E-state index contributed by atoms with van der Waals surface area (Å²) in [6.45, 7) is 4.04. The maximum atomic E-state index is 5.56. The molecule has 0 unspecified atom stereocenters. The second-order valence-corrected chi connectivity index (χ2v) is 5.54. The van der Waals surface area contributed by atoms with Gasteiger partial charge in [0.25, 0.3) is 0 Å². The lowest BCUT2D eigenvalue weighted by Crippen LogP contribution is -2.10. The first-order chi connectivity index (χ1) is 9.19. The number of hydrogen-bond donors (Lipinski definition) is 2. The second-order valence-electron chi connectivity index (χ2n) is 4.31. The molecule has 0 radical (unpaired) electrons. The molecule has 96 valence electrons. The van der Waals surface area contributed by atoms with E-state index in [2.05, 4.69) is 20.4 Å². The van der Waals surface area contributed by atoms with Crippen molar-refractivity contribution in [1.82, 2.24) is 15.0 Å². The fraction of sp³-hybridized carbons (Fsp3) is 0.154.